The predicted molar refractivity (Wildman–Crippen MR) is 127 cm³/mol. The van der Waals surface area contributed by atoms with E-state index in [1.54, 1.807) is 21.3 Å². The van der Waals surface area contributed by atoms with Gasteiger partial charge in [-0.05, 0) is 56.5 Å². The Labute approximate surface area is 189 Å². The van der Waals surface area contributed by atoms with Crippen molar-refractivity contribution in [2.75, 3.05) is 45.9 Å². The van der Waals surface area contributed by atoms with E-state index in [1.165, 1.54) is 5.56 Å². The molecule has 0 bridgehead atoms. The van der Waals surface area contributed by atoms with Crippen molar-refractivity contribution >= 4 is 16.9 Å². The average Bonchev–Trinajstić information content (AvgIpc) is 2.84. The molecule has 170 valence electrons. The standard InChI is InChI=1S/C25H32N4O3/c1-17-22-8-7-20(30-2)15-23(22)28-25(27-17)29-13-10-19(11-14-29)26-12-9-18-5-6-21(31-3)16-24(18)32-4/h5-8,15-16,19,26H,9-14H2,1-4H3. The molecule has 7 heteroatoms. The molecule has 0 unspecified atom stereocenters. The Kier molecular flexibility index (Phi) is 6.95. The van der Waals surface area contributed by atoms with Crippen LogP contribution < -0.4 is 24.4 Å². The zero-order valence-corrected chi connectivity index (χ0v) is 19.4. The molecule has 7 nitrogen and oxygen atoms in total. The number of anilines is 1. The molecule has 1 aliphatic heterocycles. The maximum absolute atomic E-state index is 5.51. The monoisotopic (exact) mass is 436 g/mol. The Morgan fingerprint density at radius 1 is 0.938 bits per heavy atom. The van der Waals surface area contributed by atoms with E-state index < -0.39 is 0 Å². The minimum Gasteiger partial charge on any atom is -0.497 e. The zero-order chi connectivity index (χ0) is 22.5. The van der Waals surface area contributed by atoms with Crippen molar-refractivity contribution in [3.63, 3.8) is 0 Å². The van der Waals surface area contributed by atoms with Crippen LogP contribution in [-0.4, -0.2) is 57.0 Å². The van der Waals surface area contributed by atoms with Crippen molar-refractivity contribution in [1.82, 2.24) is 15.3 Å². The summed E-state index contributed by atoms with van der Waals surface area (Å²) in [6.45, 7) is 4.84. The topological polar surface area (TPSA) is 68.7 Å². The molecule has 2 heterocycles. The number of piperidine rings is 1. The van der Waals surface area contributed by atoms with Crippen LogP contribution in [0.5, 0.6) is 17.2 Å². The van der Waals surface area contributed by atoms with Gasteiger partial charge in [0.2, 0.25) is 5.95 Å². The van der Waals surface area contributed by atoms with Crippen molar-refractivity contribution in [3.05, 3.63) is 47.7 Å². The maximum Gasteiger partial charge on any atom is 0.226 e. The number of fused-ring (bicyclic) bond motifs is 1. The summed E-state index contributed by atoms with van der Waals surface area (Å²) in [5.41, 5.74) is 3.12. The minimum absolute atomic E-state index is 0.497. The van der Waals surface area contributed by atoms with Crippen LogP contribution in [0, 0.1) is 6.92 Å². The summed E-state index contributed by atoms with van der Waals surface area (Å²) in [6.07, 6.45) is 3.05. The highest BCUT2D eigenvalue weighted by atomic mass is 16.5. The fraction of sp³-hybridized carbons (Fsp3) is 0.440. The highest BCUT2D eigenvalue weighted by molar-refractivity contribution is 5.83. The van der Waals surface area contributed by atoms with Gasteiger partial charge in [0.15, 0.2) is 0 Å². The van der Waals surface area contributed by atoms with Crippen LogP contribution in [0.4, 0.5) is 5.95 Å². The molecule has 3 aromatic rings. The number of nitrogens with one attached hydrogen (secondary N) is 1. The van der Waals surface area contributed by atoms with Crippen LogP contribution in [0.1, 0.15) is 24.1 Å². The third kappa shape index (κ3) is 4.88. The van der Waals surface area contributed by atoms with Gasteiger partial charge in [-0.1, -0.05) is 6.07 Å². The first kappa shape index (κ1) is 22.1. The molecule has 0 amide bonds. The van der Waals surface area contributed by atoms with Crippen LogP contribution in [0.2, 0.25) is 0 Å². The van der Waals surface area contributed by atoms with Gasteiger partial charge in [-0.2, -0.15) is 0 Å². The second-order valence-electron chi connectivity index (χ2n) is 8.14. The molecule has 0 spiro atoms. The van der Waals surface area contributed by atoms with Gasteiger partial charge >= 0.3 is 0 Å². The van der Waals surface area contributed by atoms with Gasteiger partial charge in [0.05, 0.1) is 32.5 Å². The third-order valence-corrected chi connectivity index (χ3v) is 6.18. The van der Waals surface area contributed by atoms with Gasteiger partial charge < -0.3 is 24.4 Å². The highest BCUT2D eigenvalue weighted by Crippen LogP contribution is 2.26. The van der Waals surface area contributed by atoms with Crippen LogP contribution in [0.25, 0.3) is 10.9 Å². The lowest BCUT2D eigenvalue weighted by Crippen LogP contribution is -2.43. The number of methoxy groups -OCH3 is 3. The Morgan fingerprint density at radius 2 is 1.66 bits per heavy atom. The van der Waals surface area contributed by atoms with Crippen LogP contribution >= 0.6 is 0 Å². The van der Waals surface area contributed by atoms with Gasteiger partial charge in [0, 0.05) is 36.7 Å². The number of aryl methyl sites for hydroxylation is 1. The lowest BCUT2D eigenvalue weighted by Gasteiger charge is -2.32. The van der Waals surface area contributed by atoms with Gasteiger partial charge in [0.25, 0.3) is 0 Å². The van der Waals surface area contributed by atoms with Gasteiger partial charge in [0.1, 0.15) is 17.2 Å². The van der Waals surface area contributed by atoms with E-state index >= 15 is 0 Å². The predicted octanol–water partition coefficient (Wildman–Crippen LogP) is 3.77. The number of nitrogens with zero attached hydrogens (tertiary/aromatic N) is 3. The SMILES string of the molecule is COc1ccc(CCNC2CCN(c3nc(C)c4ccc(OC)cc4n3)CC2)c(OC)c1. The van der Waals surface area contributed by atoms with E-state index in [0.29, 0.717) is 6.04 Å². The molecule has 1 aromatic heterocycles. The fourth-order valence-electron chi connectivity index (χ4n) is 4.27. The van der Waals surface area contributed by atoms with E-state index in [4.69, 9.17) is 24.2 Å². The van der Waals surface area contributed by atoms with Crippen molar-refractivity contribution in [2.24, 2.45) is 0 Å². The van der Waals surface area contributed by atoms with Gasteiger partial charge in [-0.3, -0.25) is 0 Å². The normalized spacial score (nSPS) is 14.6. The second-order valence-corrected chi connectivity index (χ2v) is 8.14. The van der Waals surface area contributed by atoms with Gasteiger partial charge in [-0.15, -0.1) is 0 Å². The molecule has 0 saturated carbocycles. The van der Waals surface area contributed by atoms with Crippen molar-refractivity contribution in [3.8, 4) is 17.2 Å². The summed E-state index contributed by atoms with van der Waals surface area (Å²) in [5.74, 6) is 3.32. The number of aromatic nitrogens is 2. The molecule has 1 fully saturated rings. The molecular weight excluding hydrogens is 404 g/mol. The molecule has 1 N–H and O–H groups in total. The summed E-state index contributed by atoms with van der Waals surface area (Å²) >= 11 is 0. The maximum atomic E-state index is 5.51. The molecule has 1 saturated heterocycles. The van der Waals surface area contributed by atoms with E-state index in [0.717, 1.165) is 78.7 Å². The number of ether oxygens (including phenoxy) is 3. The number of hydrogen-bond donors (Lipinski definition) is 1. The largest absolute Gasteiger partial charge is 0.497 e. The molecule has 0 atom stereocenters. The minimum atomic E-state index is 0.497. The van der Waals surface area contributed by atoms with Gasteiger partial charge in [-0.25, -0.2) is 9.97 Å². The van der Waals surface area contributed by atoms with E-state index in [9.17, 15) is 0 Å². The first-order chi connectivity index (χ1) is 15.6. The number of hydrogen-bond acceptors (Lipinski definition) is 7. The van der Waals surface area contributed by atoms with Crippen molar-refractivity contribution in [1.29, 1.82) is 0 Å². The third-order valence-electron chi connectivity index (χ3n) is 6.18. The summed E-state index contributed by atoms with van der Waals surface area (Å²) in [6, 6.07) is 12.5. The molecule has 1 aliphatic rings. The second kappa shape index (κ2) is 10.0. The van der Waals surface area contributed by atoms with E-state index in [2.05, 4.69) is 16.3 Å². The summed E-state index contributed by atoms with van der Waals surface area (Å²) in [7, 11) is 5.05. The lowest BCUT2D eigenvalue weighted by atomic mass is 10.0. The fourth-order valence-corrected chi connectivity index (χ4v) is 4.27. The smallest absolute Gasteiger partial charge is 0.226 e. The summed E-state index contributed by atoms with van der Waals surface area (Å²) in [5, 5.41) is 4.78. The van der Waals surface area contributed by atoms with Crippen LogP contribution in [0.3, 0.4) is 0 Å². The van der Waals surface area contributed by atoms with E-state index in [1.807, 2.05) is 37.3 Å². The Hall–Kier alpha value is -3.06. The molecule has 0 aliphatic carbocycles. The number of rotatable bonds is 8. The zero-order valence-electron chi connectivity index (χ0n) is 19.4. The molecule has 2 aromatic carbocycles. The van der Waals surface area contributed by atoms with Crippen LogP contribution in [0.15, 0.2) is 36.4 Å². The Morgan fingerprint density at radius 3 is 2.38 bits per heavy atom. The first-order valence-corrected chi connectivity index (χ1v) is 11.1. The van der Waals surface area contributed by atoms with E-state index in [-0.39, 0.29) is 0 Å². The molecular formula is C25H32N4O3. The van der Waals surface area contributed by atoms with Crippen LogP contribution in [-0.2, 0) is 6.42 Å². The Balaban J connectivity index is 1.33. The lowest BCUT2D eigenvalue weighted by molar-refractivity contribution is 0.387. The quantitative estimate of drug-likeness (QED) is 0.577. The molecule has 32 heavy (non-hydrogen) atoms. The summed E-state index contributed by atoms with van der Waals surface area (Å²) < 4.78 is 16.2. The van der Waals surface area contributed by atoms with Crippen molar-refractivity contribution in [2.45, 2.75) is 32.2 Å². The number of benzene rings is 2. The first-order valence-electron chi connectivity index (χ1n) is 11.1. The Bertz CT molecular complexity index is 1060. The molecule has 4 rings (SSSR count). The highest BCUT2D eigenvalue weighted by Gasteiger charge is 2.21. The average molecular weight is 437 g/mol. The molecule has 0 radical (unpaired) electrons. The van der Waals surface area contributed by atoms with Crippen molar-refractivity contribution < 1.29 is 14.2 Å². The summed E-state index contributed by atoms with van der Waals surface area (Å²) in [4.78, 5) is 11.9.